The van der Waals surface area contributed by atoms with Gasteiger partial charge >= 0.3 is 0 Å². The summed E-state index contributed by atoms with van der Waals surface area (Å²) in [6.45, 7) is 2.10. The molecule has 1 unspecified atom stereocenters. The van der Waals surface area contributed by atoms with Crippen LogP contribution in [-0.2, 0) is 0 Å². The maximum atomic E-state index is 10.3. The molecule has 134 valence electrons. The van der Waals surface area contributed by atoms with E-state index in [1.807, 2.05) is 84.9 Å². The van der Waals surface area contributed by atoms with Crippen molar-refractivity contribution in [3.05, 3.63) is 95.5 Å². The fraction of sp³-hybridized carbons (Fsp3) is 0.0870. The van der Waals surface area contributed by atoms with Gasteiger partial charge in [-0.25, -0.2) is 4.98 Å². The Morgan fingerprint density at radius 2 is 1.41 bits per heavy atom. The molecule has 1 heterocycles. The molecule has 0 spiro atoms. The van der Waals surface area contributed by atoms with E-state index >= 15 is 0 Å². The molecule has 0 amide bonds. The summed E-state index contributed by atoms with van der Waals surface area (Å²) in [5.41, 5.74) is 2.11. The number of aromatic nitrogens is 1. The monoisotopic (exact) mass is 373 g/mol. The van der Waals surface area contributed by atoms with Crippen molar-refractivity contribution in [3.63, 3.8) is 0 Å². The average molecular weight is 373 g/mol. The normalized spacial score (nSPS) is 11.9. The second kappa shape index (κ2) is 7.64. The van der Waals surface area contributed by atoms with Crippen molar-refractivity contribution in [2.75, 3.05) is 0 Å². The highest BCUT2D eigenvalue weighted by Crippen LogP contribution is 2.39. The summed E-state index contributed by atoms with van der Waals surface area (Å²) in [6.07, 6.45) is 0. The fourth-order valence-electron chi connectivity index (χ4n) is 2.88. The maximum absolute atomic E-state index is 10.3. The Morgan fingerprint density at radius 3 is 2.07 bits per heavy atom. The van der Waals surface area contributed by atoms with E-state index in [-0.39, 0.29) is 11.8 Å². The van der Waals surface area contributed by atoms with Crippen LogP contribution in [0.15, 0.2) is 84.9 Å². The Balaban J connectivity index is 1.54. The van der Waals surface area contributed by atoms with Crippen molar-refractivity contribution in [2.24, 2.45) is 0 Å². The van der Waals surface area contributed by atoms with Crippen LogP contribution in [0.1, 0.15) is 23.4 Å². The van der Waals surface area contributed by atoms with Crippen molar-refractivity contribution >= 4 is 11.3 Å². The summed E-state index contributed by atoms with van der Waals surface area (Å²) >= 11 is 1.53. The summed E-state index contributed by atoms with van der Waals surface area (Å²) in [7, 11) is 0. The third kappa shape index (κ3) is 3.86. The SMILES string of the molecule is CC(c1ccc(Oc2ccccc2)cc1)c1nc(O)c(-c2ccccc2)s1. The summed E-state index contributed by atoms with van der Waals surface area (Å²) in [6, 6.07) is 27.6. The third-order valence-corrected chi connectivity index (χ3v) is 5.67. The van der Waals surface area contributed by atoms with Gasteiger partial charge in [-0.3, -0.25) is 0 Å². The Morgan fingerprint density at radius 1 is 0.815 bits per heavy atom. The van der Waals surface area contributed by atoms with Gasteiger partial charge in [0, 0.05) is 5.92 Å². The first-order valence-electron chi connectivity index (χ1n) is 8.78. The van der Waals surface area contributed by atoms with E-state index in [1.165, 1.54) is 11.3 Å². The van der Waals surface area contributed by atoms with Crippen LogP contribution in [0.4, 0.5) is 0 Å². The lowest BCUT2D eigenvalue weighted by Crippen LogP contribution is -1.95. The molecule has 1 N–H and O–H groups in total. The van der Waals surface area contributed by atoms with E-state index < -0.39 is 0 Å². The lowest BCUT2D eigenvalue weighted by Gasteiger charge is -2.10. The van der Waals surface area contributed by atoms with Gasteiger partial charge in [0.05, 0.1) is 4.88 Å². The molecular formula is C23H19NO2S. The smallest absolute Gasteiger partial charge is 0.230 e. The highest BCUT2D eigenvalue weighted by molar-refractivity contribution is 7.15. The molecule has 27 heavy (non-hydrogen) atoms. The van der Waals surface area contributed by atoms with Crippen molar-refractivity contribution < 1.29 is 9.84 Å². The molecule has 0 bridgehead atoms. The predicted molar refractivity (Wildman–Crippen MR) is 110 cm³/mol. The number of para-hydroxylation sites is 1. The van der Waals surface area contributed by atoms with Gasteiger partial charge in [-0.15, -0.1) is 11.3 Å². The standard InChI is InChI=1S/C23H19NO2S/c1-16(23-24-22(25)21(27-23)18-8-4-2-5-9-18)17-12-14-20(15-13-17)26-19-10-6-3-7-11-19/h2-16,25H,1H3. The predicted octanol–water partition coefficient (Wildman–Crippen LogP) is 6.46. The largest absolute Gasteiger partial charge is 0.492 e. The molecule has 4 rings (SSSR count). The molecule has 0 radical (unpaired) electrons. The minimum atomic E-state index is 0.0872. The second-order valence-corrected chi connectivity index (χ2v) is 7.31. The van der Waals surface area contributed by atoms with Gasteiger partial charge in [0.2, 0.25) is 5.88 Å². The Labute approximate surface area is 162 Å². The van der Waals surface area contributed by atoms with Gasteiger partial charge in [-0.2, -0.15) is 0 Å². The summed E-state index contributed by atoms with van der Waals surface area (Å²) < 4.78 is 5.85. The van der Waals surface area contributed by atoms with Gasteiger partial charge in [-0.05, 0) is 35.4 Å². The first-order chi connectivity index (χ1) is 13.2. The molecule has 0 saturated heterocycles. The molecule has 0 aliphatic rings. The second-order valence-electron chi connectivity index (χ2n) is 6.28. The van der Waals surface area contributed by atoms with Crippen LogP contribution >= 0.6 is 11.3 Å². The quantitative estimate of drug-likeness (QED) is 0.436. The number of benzene rings is 3. The van der Waals surface area contributed by atoms with Crippen LogP contribution in [-0.4, -0.2) is 10.1 Å². The topological polar surface area (TPSA) is 42.4 Å². The highest BCUT2D eigenvalue weighted by atomic mass is 32.1. The molecule has 0 fully saturated rings. The van der Waals surface area contributed by atoms with Gasteiger partial charge in [0.15, 0.2) is 0 Å². The molecule has 0 aliphatic heterocycles. The zero-order valence-electron chi connectivity index (χ0n) is 14.9. The van der Waals surface area contributed by atoms with E-state index in [2.05, 4.69) is 11.9 Å². The van der Waals surface area contributed by atoms with E-state index in [9.17, 15) is 5.11 Å². The van der Waals surface area contributed by atoms with Crippen LogP contribution in [0, 0.1) is 0 Å². The fourth-order valence-corrected chi connectivity index (χ4v) is 3.93. The molecule has 1 atom stereocenters. The van der Waals surface area contributed by atoms with E-state index in [0.717, 1.165) is 32.5 Å². The van der Waals surface area contributed by atoms with Gasteiger partial charge in [0.25, 0.3) is 0 Å². The van der Waals surface area contributed by atoms with Crippen molar-refractivity contribution in [1.29, 1.82) is 0 Å². The summed E-state index contributed by atoms with van der Waals surface area (Å²) in [5.74, 6) is 1.79. The van der Waals surface area contributed by atoms with Crippen molar-refractivity contribution in [1.82, 2.24) is 4.98 Å². The van der Waals surface area contributed by atoms with E-state index in [1.54, 1.807) is 0 Å². The third-order valence-electron chi connectivity index (χ3n) is 4.39. The zero-order valence-corrected chi connectivity index (χ0v) is 15.7. The Bertz CT molecular complexity index is 1010. The molecule has 0 aliphatic carbocycles. The van der Waals surface area contributed by atoms with Gasteiger partial charge in [0.1, 0.15) is 16.5 Å². The number of nitrogens with zero attached hydrogens (tertiary/aromatic N) is 1. The lowest BCUT2D eigenvalue weighted by atomic mass is 10.0. The molecule has 0 saturated carbocycles. The van der Waals surface area contributed by atoms with E-state index in [0.29, 0.717) is 0 Å². The highest BCUT2D eigenvalue weighted by Gasteiger charge is 2.18. The average Bonchev–Trinajstić information content (AvgIpc) is 3.11. The lowest BCUT2D eigenvalue weighted by molar-refractivity contribution is 0.457. The molecular weight excluding hydrogens is 354 g/mol. The molecule has 3 nitrogen and oxygen atoms in total. The maximum Gasteiger partial charge on any atom is 0.230 e. The van der Waals surface area contributed by atoms with E-state index in [4.69, 9.17) is 4.74 Å². The number of thiazole rings is 1. The Kier molecular flexibility index (Phi) is 4.90. The van der Waals surface area contributed by atoms with Crippen LogP contribution in [0.2, 0.25) is 0 Å². The zero-order chi connectivity index (χ0) is 18.6. The Hall–Kier alpha value is -3.11. The van der Waals surface area contributed by atoms with Gasteiger partial charge < -0.3 is 9.84 Å². The molecule has 4 heteroatoms. The summed E-state index contributed by atoms with van der Waals surface area (Å²) in [5, 5.41) is 11.2. The van der Waals surface area contributed by atoms with Gasteiger partial charge in [-0.1, -0.05) is 67.6 Å². The van der Waals surface area contributed by atoms with Crippen LogP contribution in [0.25, 0.3) is 10.4 Å². The molecule has 1 aromatic heterocycles. The first kappa shape index (κ1) is 17.3. The first-order valence-corrected chi connectivity index (χ1v) is 9.60. The van der Waals surface area contributed by atoms with Crippen molar-refractivity contribution in [3.8, 4) is 27.8 Å². The summed E-state index contributed by atoms with van der Waals surface area (Å²) in [4.78, 5) is 5.20. The number of hydrogen-bond donors (Lipinski definition) is 1. The van der Waals surface area contributed by atoms with Crippen LogP contribution < -0.4 is 4.74 Å². The minimum Gasteiger partial charge on any atom is -0.492 e. The number of ether oxygens (including phenoxy) is 1. The molecule has 4 aromatic rings. The molecule has 3 aromatic carbocycles. The van der Waals surface area contributed by atoms with Crippen LogP contribution in [0.3, 0.4) is 0 Å². The number of hydrogen-bond acceptors (Lipinski definition) is 4. The number of aromatic hydroxyl groups is 1. The van der Waals surface area contributed by atoms with Crippen molar-refractivity contribution in [2.45, 2.75) is 12.8 Å². The number of rotatable bonds is 5. The van der Waals surface area contributed by atoms with Crippen LogP contribution in [0.5, 0.6) is 17.4 Å². The minimum absolute atomic E-state index is 0.0872.